The largest absolute Gasteiger partial charge is 0.468 e. The number of nitrogens with one attached hydrogen (secondary N) is 1. The monoisotopic (exact) mass is 374 g/mol. The normalized spacial score (nSPS) is 15.0. The summed E-state index contributed by atoms with van der Waals surface area (Å²) < 4.78 is 19.1. The average molecular weight is 374 g/mol. The molecular formula is C20H27FN4O2. The maximum absolute atomic E-state index is 13.7. The minimum absolute atomic E-state index is 0.0267. The van der Waals surface area contributed by atoms with Gasteiger partial charge in [-0.25, -0.2) is 9.18 Å². The maximum Gasteiger partial charge on any atom is 0.317 e. The summed E-state index contributed by atoms with van der Waals surface area (Å²) in [5.41, 5.74) is 0.580. The summed E-state index contributed by atoms with van der Waals surface area (Å²) in [5, 5.41) is 2.96. The molecule has 1 aromatic carbocycles. The fourth-order valence-corrected chi connectivity index (χ4v) is 3.24. The molecule has 1 aliphatic heterocycles. The lowest BCUT2D eigenvalue weighted by atomic mass is 10.2. The number of carbonyl (C=O) groups is 1. The third kappa shape index (κ3) is 5.47. The van der Waals surface area contributed by atoms with Crippen LogP contribution in [0.5, 0.6) is 0 Å². The van der Waals surface area contributed by atoms with Crippen molar-refractivity contribution in [2.24, 2.45) is 0 Å². The van der Waals surface area contributed by atoms with Gasteiger partial charge in [-0.05, 0) is 30.7 Å². The number of piperazine rings is 1. The van der Waals surface area contributed by atoms with Gasteiger partial charge in [-0.2, -0.15) is 0 Å². The van der Waals surface area contributed by atoms with Crippen LogP contribution in [-0.4, -0.2) is 62.1 Å². The molecular weight excluding hydrogens is 347 g/mol. The molecule has 27 heavy (non-hydrogen) atoms. The van der Waals surface area contributed by atoms with Crippen molar-refractivity contribution in [2.45, 2.75) is 13.0 Å². The predicted octanol–water partition coefficient (Wildman–Crippen LogP) is 2.77. The molecule has 3 rings (SSSR count). The fourth-order valence-electron chi connectivity index (χ4n) is 3.24. The van der Waals surface area contributed by atoms with Crippen LogP contribution in [0, 0.1) is 5.82 Å². The van der Waals surface area contributed by atoms with Crippen molar-refractivity contribution in [3.63, 3.8) is 0 Å². The zero-order valence-corrected chi connectivity index (χ0v) is 15.7. The van der Waals surface area contributed by atoms with Crippen molar-refractivity contribution in [2.75, 3.05) is 51.2 Å². The van der Waals surface area contributed by atoms with Gasteiger partial charge in [-0.15, -0.1) is 0 Å². The minimum Gasteiger partial charge on any atom is -0.468 e. The van der Waals surface area contributed by atoms with Gasteiger partial charge in [-0.1, -0.05) is 12.1 Å². The predicted molar refractivity (Wildman–Crippen MR) is 103 cm³/mol. The molecule has 0 unspecified atom stereocenters. The molecule has 6 nitrogen and oxygen atoms in total. The Labute approximate surface area is 159 Å². The van der Waals surface area contributed by atoms with Crippen molar-refractivity contribution in [3.05, 3.63) is 54.2 Å². The van der Waals surface area contributed by atoms with Crippen molar-refractivity contribution in [1.29, 1.82) is 0 Å². The van der Waals surface area contributed by atoms with Crippen LogP contribution in [0.15, 0.2) is 47.1 Å². The van der Waals surface area contributed by atoms with Gasteiger partial charge < -0.3 is 19.5 Å². The molecule has 1 saturated heterocycles. The van der Waals surface area contributed by atoms with Crippen LogP contribution in [0.1, 0.15) is 12.2 Å². The van der Waals surface area contributed by atoms with Crippen LogP contribution in [0.3, 0.4) is 0 Å². The Hall–Kier alpha value is -2.54. The zero-order valence-electron chi connectivity index (χ0n) is 15.7. The summed E-state index contributed by atoms with van der Waals surface area (Å²) in [7, 11) is 1.86. The number of urea groups is 1. The van der Waals surface area contributed by atoms with E-state index in [4.69, 9.17) is 4.42 Å². The third-order valence-corrected chi connectivity index (χ3v) is 4.83. The molecule has 0 atom stereocenters. The lowest BCUT2D eigenvalue weighted by Crippen LogP contribution is -2.51. The van der Waals surface area contributed by atoms with Gasteiger partial charge in [0.1, 0.15) is 11.6 Å². The van der Waals surface area contributed by atoms with Gasteiger partial charge in [0.05, 0.1) is 18.5 Å². The van der Waals surface area contributed by atoms with Gasteiger partial charge in [0.15, 0.2) is 0 Å². The van der Waals surface area contributed by atoms with Crippen LogP contribution in [0.4, 0.5) is 14.9 Å². The smallest absolute Gasteiger partial charge is 0.317 e. The number of furan rings is 1. The second-order valence-electron chi connectivity index (χ2n) is 6.80. The maximum atomic E-state index is 13.7. The highest BCUT2D eigenvalue weighted by Gasteiger charge is 2.21. The zero-order chi connectivity index (χ0) is 19.1. The van der Waals surface area contributed by atoms with E-state index in [-0.39, 0.29) is 11.8 Å². The fraction of sp³-hybridized carbons (Fsp3) is 0.450. The number of anilines is 1. The highest BCUT2D eigenvalue weighted by molar-refractivity contribution is 5.74. The quantitative estimate of drug-likeness (QED) is 0.758. The van der Waals surface area contributed by atoms with E-state index in [0.29, 0.717) is 31.9 Å². The average Bonchev–Trinajstić information content (AvgIpc) is 3.19. The Balaban J connectivity index is 1.32. The molecule has 0 spiro atoms. The first-order valence-electron chi connectivity index (χ1n) is 9.36. The van der Waals surface area contributed by atoms with E-state index < -0.39 is 0 Å². The van der Waals surface area contributed by atoms with Gasteiger partial charge in [0.2, 0.25) is 0 Å². The van der Waals surface area contributed by atoms with Gasteiger partial charge in [-0.3, -0.25) is 4.90 Å². The first-order chi connectivity index (χ1) is 13.1. The lowest BCUT2D eigenvalue weighted by Gasteiger charge is -2.34. The number of benzene rings is 1. The first-order valence-corrected chi connectivity index (χ1v) is 9.36. The van der Waals surface area contributed by atoms with Crippen LogP contribution in [-0.2, 0) is 6.54 Å². The molecule has 1 aliphatic rings. The Morgan fingerprint density at radius 2 is 1.96 bits per heavy atom. The van der Waals surface area contributed by atoms with Crippen LogP contribution >= 0.6 is 0 Å². The number of para-hydroxylation sites is 1. The summed E-state index contributed by atoms with van der Waals surface area (Å²) >= 11 is 0. The SMILES string of the molecule is CN(CCCNC(=O)N1CCN(Cc2ccco2)CC1)c1ccccc1F. The van der Waals surface area contributed by atoms with Crippen molar-refractivity contribution in [3.8, 4) is 0 Å². The number of halogens is 1. The van der Waals surface area contributed by atoms with Gasteiger partial charge in [0.25, 0.3) is 0 Å². The standard InChI is InChI=1S/C20H27FN4O2/c1-23(19-8-3-2-7-18(19)21)10-5-9-22-20(26)25-13-11-24(12-14-25)16-17-6-4-15-27-17/h2-4,6-8,15H,5,9-14,16H2,1H3,(H,22,26). The third-order valence-electron chi connectivity index (χ3n) is 4.83. The second-order valence-corrected chi connectivity index (χ2v) is 6.80. The van der Waals surface area contributed by atoms with E-state index >= 15 is 0 Å². The van der Waals surface area contributed by atoms with Crippen LogP contribution in [0.2, 0.25) is 0 Å². The molecule has 0 radical (unpaired) electrons. The minimum atomic E-state index is -0.226. The molecule has 0 aliphatic carbocycles. The van der Waals surface area contributed by atoms with Crippen molar-refractivity contribution >= 4 is 11.7 Å². The van der Waals surface area contributed by atoms with Gasteiger partial charge >= 0.3 is 6.03 Å². The van der Waals surface area contributed by atoms with E-state index in [2.05, 4.69) is 10.2 Å². The molecule has 0 bridgehead atoms. The van der Waals surface area contributed by atoms with E-state index in [1.165, 1.54) is 6.07 Å². The van der Waals surface area contributed by atoms with Crippen LogP contribution < -0.4 is 10.2 Å². The number of hydrogen-bond donors (Lipinski definition) is 1. The second kappa shape index (κ2) is 9.41. The van der Waals surface area contributed by atoms with Gasteiger partial charge in [0, 0.05) is 46.3 Å². The molecule has 1 fully saturated rings. The van der Waals surface area contributed by atoms with Crippen molar-refractivity contribution in [1.82, 2.24) is 15.1 Å². The van der Waals surface area contributed by atoms with Crippen molar-refractivity contribution < 1.29 is 13.6 Å². The first kappa shape index (κ1) is 19.2. The number of nitrogens with zero attached hydrogens (tertiary/aromatic N) is 3. The van der Waals surface area contributed by atoms with E-state index in [1.807, 2.05) is 35.0 Å². The molecule has 1 aromatic heterocycles. The lowest BCUT2D eigenvalue weighted by molar-refractivity contribution is 0.130. The summed E-state index contributed by atoms with van der Waals surface area (Å²) in [6.07, 6.45) is 2.44. The van der Waals surface area contributed by atoms with E-state index in [0.717, 1.165) is 31.8 Å². The molecule has 0 saturated carbocycles. The topological polar surface area (TPSA) is 52.0 Å². The Bertz CT molecular complexity index is 715. The Morgan fingerprint density at radius 3 is 2.67 bits per heavy atom. The summed E-state index contributed by atoms with van der Waals surface area (Å²) in [6.45, 7) is 5.13. The molecule has 1 N–H and O–H groups in total. The highest BCUT2D eigenvalue weighted by atomic mass is 19.1. The summed E-state index contributed by atoms with van der Waals surface area (Å²) in [5.74, 6) is 0.725. The summed E-state index contributed by atoms with van der Waals surface area (Å²) in [6, 6.07) is 10.6. The van der Waals surface area contributed by atoms with E-state index in [1.54, 1.807) is 18.4 Å². The number of rotatable bonds is 7. The van der Waals surface area contributed by atoms with E-state index in [9.17, 15) is 9.18 Å². The highest BCUT2D eigenvalue weighted by Crippen LogP contribution is 2.16. The molecule has 2 aromatic rings. The molecule has 146 valence electrons. The molecule has 2 heterocycles. The Kier molecular flexibility index (Phi) is 6.70. The Morgan fingerprint density at radius 1 is 1.19 bits per heavy atom. The number of hydrogen-bond acceptors (Lipinski definition) is 4. The molecule has 7 heteroatoms. The molecule has 2 amide bonds. The number of amides is 2. The number of carbonyl (C=O) groups excluding carboxylic acids is 1. The van der Waals surface area contributed by atoms with Crippen LogP contribution in [0.25, 0.3) is 0 Å². The summed E-state index contributed by atoms with van der Waals surface area (Å²) in [4.78, 5) is 18.3.